The lowest BCUT2D eigenvalue weighted by Crippen LogP contribution is -2.46. The first-order valence-corrected chi connectivity index (χ1v) is 10.2. The summed E-state index contributed by atoms with van der Waals surface area (Å²) >= 11 is 0. The molecule has 0 atom stereocenters. The highest BCUT2D eigenvalue weighted by Gasteiger charge is 2.18. The van der Waals surface area contributed by atoms with Gasteiger partial charge in [0.2, 0.25) is 0 Å². The molecule has 6 heteroatoms. The fraction of sp³-hybridized carbons (Fsp3) is 0.208. The summed E-state index contributed by atoms with van der Waals surface area (Å²) in [5.41, 5.74) is 2.28. The predicted molar refractivity (Wildman–Crippen MR) is 121 cm³/mol. The first kappa shape index (κ1) is 19.8. The highest BCUT2D eigenvalue weighted by atomic mass is 16.1. The maximum absolute atomic E-state index is 12.3. The van der Waals surface area contributed by atoms with Crippen molar-refractivity contribution < 1.29 is 4.79 Å². The van der Waals surface area contributed by atoms with E-state index in [1.54, 1.807) is 6.07 Å². The van der Waals surface area contributed by atoms with Gasteiger partial charge in [0.25, 0.3) is 5.91 Å². The minimum atomic E-state index is -0.254. The number of hydrogen-bond donors (Lipinski definition) is 1. The highest BCUT2D eigenvalue weighted by molar-refractivity contribution is 6.02. The van der Waals surface area contributed by atoms with Crippen molar-refractivity contribution in [3.63, 3.8) is 0 Å². The number of carbonyl (C=O) groups excluding carboxylic acids is 1. The number of nitrogens with one attached hydrogen (secondary N) is 1. The Balaban J connectivity index is 1.26. The van der Waals surface area contributed by atoms with Gasteiger partial charge in [0.15, 0.2) is 11.5 Å². The monoisotopic (exact) mass is 399 g/mol. The van der Waals surface area contributed by atoms with E-state index in [-0.39, 0.29) is 5.91 Å². The number of benzene rings is 2. The van der Waals surface area contributed by atoms with Crippen molar-refractivity contribution in [2.24, 2.45) is 0 Å². The summed E-state index contributed by atoms with van der Waals surface area (Å²) in [4.78, 5) is 16.9. The Morgan fingerprint density at radius 1 is 0.867 bits per heavy atom. The van der Waals surface area contributed by atoms with E-state index in [0.29, 0.717) is 5.69 Å². The average molecular weight is 399 g/mol. The second kappa shape index (κ2) is 9.80. The van der Waals surface area contributed by atoms with Crippen molar-refractivity contribution in [2.45, 2.75) is 0 Å². The molecule has 6 nitrogen and oxygen atoms in total. The minimum absolute atomic E-state index is 0.254. The molecule has 1 amide bonds. The van der Waals surface area contributed by atoms with Crippen LogP contribution in [0.15, 0.2) is 78.9 Å². The van der Waals surface area contributed by atoms with E-state index in [1.807, 2.05) is 42.5 Å². The fourth-order valence-corrected chi connectivity index (χ4v) is 3.39. The van der Waals surface area contributed by atoms with Gasteiger partial charge in [0, 0.05) is 38.4 Å². The van der Waals surface area contributed by atoms with Gasteiger partial charge < -0.3 is 10.2 Å². The summed E-state index contributed by atoms with van der Waals surface area (Å²) in [5.74, 6) is 0.556. The first-order chi connectivity index (χ1) is 14.8. The standard InChI is InChI=1S/C24H25N5O/c30-24(25-21-11-5-2-6-12-21)22-13-14-23(27-26-22)29-18-16-28(17-19-29)15-7-10-20-8-3-1-4-9-20/h1-14H,15-19H2,(H,25,30)/b10-7+. The molecule has 0 aliphatic carbocycles. The third-order valence-corrected chi connectivity index (χ3v) is 5.08. The van der Waals surface area contributed by atoms with Gasteiger partial charge in [0.05, 0.1) is 0 Å². The third kappa shape index (κ3) is 5.30. The Morgan fingerprint density at radius 2 is 1.57 bits per heavy atom. The third-order valence-electron chi connectivity index (χ3n) is 5.08. The number of anilines is 2. The molecule has 0 radical (unpaired) electrons. The fourth-order valence-electron chi connectivity index (χ4n) is 3.39. The maximum atomic E-state index is 12.3. The molecule has 1 aliphatic heterocycles. The smallest absolute Gasteiger partial charge is 0.276 e. The molecule has 152 valence electrons. The van der Waals surface area contributed by atoms with Crippen LogP contribution in [0.3, 0.4) is 0 Å². The molecule has 0 unspecified atom stereocenters. The molecule has 0 spiro atoms. The van der Waals surface area contributed by atoms with Crippen molar-refractivity contribution in [3.8, 4) is 0 Å². The van der Waals surface area contributed by atoms with Crippen LogP contribution in [0.5, 0.6) is 0 Å². The molecule has 1 aromatic heterocycles. The molecule has 1 aliphatic rings. The Bertz CT molecular complexity index is 965. The van der Waals surface area contributed by atoms with Gasteiger partial charge in [-0.3, -0.25) is 9.69 Å². The van der Waals surface area contributed by atoms with E-state index in [9.17, 15) is 4.79 Å². The molecule has 1 fully saturated rings. The van der Waals surface area contributed by atoms with Crippen LogP contribution in [-0.2, 0) is 0 Å². The summed E-state index contributed by atoms with van der Waals surface area (Å²) in [5, 5.41) is 11.2. The van der Waals surface area contributed by atoms with Crippen LogP contribution < -0.4 is 10.2 Å². The molecule has 0 bridgehead atoms. The number of carbonyl (C=O) groups is 1. The van der Waals surface area contributed by atoms with Crippen molar-refractivity contribution >= 4 is 23.5 Å². The highest BCUT2D eigenvalue weighted by Crippen LogP contribution is 2.14. The zero-order chi connectivity index (χ0) is 20.6. The Morgan fingerprint density at radius 3 is 2.23 bits per heavy atom. The quantitative estimate of drug-likeness (QED) is 0.687. The molecule has 2 heterocycles. The van der Waals surface area contributed by atoms with Crippen LogP contribution in [0, 0.1) is 0 Å². The van der Waals surface area contributed by atoms with Crippen LogP contribution in [-0.4, -0.2) is 53.7 Å². The van der Waals surface area contributed by atoms with Crippen LogP contribution in [0.4, 0.5) is 11.5 Å². The maximum Gasteiger partial charge on any atom is 0.276 e. The Labute approximate surface area is 176 Å². The van der Waals surface area contributed by atoms with E-state index in [1.165, 1.54) is 5.56 Å². The molecule has 1 saturated heterocycles. The van der Waals surface area contributed by atoms with Gasteiger partial charge in [0.1, 0.15) is 0 Å². The summed E-state index contributed by atoms with van der Waals surface area (Å²) in [6.07, 6.45) is 4.38. The molecular weight excluding hydrogens is 374 g/mol. The summed E-state index contributed by atoms with van der Waals surface area (Å²) in [6, 6.07) is 23.3. The molecule has 3 aromatic rings. The number of aromatic nitrogens is 2. The zero-order valence-electron chi connectivity index (χ0n) is 16.8. The summed E-state index contributed by atoms with van der Waals surface area (Å²) in [6.45, 7) is 4.66. The molecule has 0 saturated carbocycles. The lowest BCUT2D eigenvalue weighted by molar-refractivity contribution is 0.102. The minimum Gasteiger partial charge on any atom is -0.353 e. The van der Waals surface area contributed by atoms with Crippen LogP contribution in [0.25, 0.3) is 6.08 Å². The summed E-state index contributed by atoms with van der Waals surface area (Å²) < 4.78 is 0. The number of piperazine rings is 1. The van der Waals surface area contributed by atoms with Gasteiger partial charge in [-0.2, -0.15) is 0 Å². The van der Waals surface area contributed by atoms with Crippen molar-refractivity contribution in [1.82, 2.24) is 15.1 Å². The molecular formula is C24H25N5O. The van der Waals surface area contributed by atoms with Crippen molar-refractivity contribution in [1.29, 1.82) is 0 Å². The largest absolute Gasteiger partial charge is 0.353 e. The lowest BCUT2D eigenvalue weighted by atomic mass is 10.2. The number of amides is 1. The van der Waals surface area contributed by atoms with Gasteiger partial charge in [-0.25, -0.2) is 0 Å². The number of nitrogens with zero attached hydrogens (tertiary/aromatic N) is 4. The molecule has 30 heavy (non-hydrogen) atoms. The van der Waals surface area contributed by atoms with Crippen molar-refractivity contribution in [2.75, 3.05) is 42.9 Å². The molecule has 4 rings (SSSR count). The number of para-hydroxylation sites is 1. The van der Waals surface area contributed by atoms with Crippen LogP contribution >= 0.6 is 0 Å². The Hall–Kier alpha value is -3.51. The SMILES string of the molecule is O=C(Nc1ccccc1)c1ccc(N2CCN(C/C=C/c3ccccc3)CC2)nn1. The Kier molecular flexibility index (Phi) is 6.47. The van der Waals surface area contributed by atoms with Gasteiger partial charge in [-0.05, 0) is 29.8 Å². The van der Waals surface area contributed by atoms with E-state index in [2.05, 4.69) is 61.7 Å². The summed E-state index contributed by atoms with van der Waals surface area (Å²) in [7, 11) is 0. The van der Waals surface area contributed by atoms with E-state index < -0.39 is 0 Å². The predicted octanol–water partition coefficient (Wildman–Crippen LogP) is 3.56. The van der Waals surface area contributed by atoms with E-state index in [0.717, 1.165) is 44.2 Å². The van der Waals surface area contributed by atoms with E-state index in [4.69, 9.17) is 0 Å². The lowest BCUT2D eigenvalue weighted by Gasteiger charge is -2.34. The van der Waals surface area contributed by atoms with E-state index >= 15 is 0 Å². The molecule has 1 N–H and O–H groups in total. The average Bonchev–Trinajstić information content (AvgIpc) is 2.81. The second-order valence-corrected chi connectivity index (χ2v) is 7.20. The molecule has 2 aromatic carbocycles. The second-order valence-electron chi connectivity index (χ2n) is 7.20. The zero-order valence-corrected chi connectivity index (χ0v) is 16.8. The normalized spacial score (nSPS) is 14.7. The van der Waals surface area contributed by atoms with Crippen molar-refractivity contribution in [3.05, 3.63) is 90.1 Å². The van der Waals surface area contributed by atoms with Crippen LogP contribution in [0.2, 0.25) is 0 Å². The van der Waals surface area contributed by atoms with Gasteiger partial charge in [-0.1, -0.05) is 60.7 Å². The van der Waals surface area contributed by atoms with Gasteiger partial charge in [-0.15, -0.1) is 10.2 Å². The first-order valence-electron chi connectivity index (χ1n) is 10.2. The van der Waals surface area contributed by atoms with Crippen LogP contribution in [0.1, 0.15) is 16.1 Å². The van der Waals surface area contributed by atoms with Gasteiger partial charge >= 0.3 is 0 Å². The topological polar surface area (TPSA) is 61.4 Å². The number of hydrogen-bond acceptors (Lipinski definition) is 5. The number of rotatable bonds is 6.